The van der Waals surface area contributed by atoms with E-state index in [1.165, 1.54) is 11.1 Å². The second-order valence-electron chi connectivity index (χ2n) is 5.23. The van der Waals surface area contributed by atoms with Crippen molar-refractivity contribution in [3.05, 3.63) is 51.9 Å². The van der Waals surface area contributed by atoms with E-state index in [1.54, 1.807) is 13.2 Å². The molecule has 2 aromatic rings. The Hall–Kier alpha value is -1.45. The van der Waals surface area contributed by atoms with Crippen molar-refractivity contribution in [3.63, 3.8) is 0 Å². The molecular weight excluding hydrogens is 286 g/mol. The summed E-state index contributed by atoms with van der Waals surface area (Å²) in [5.74, 6) is 1.67. The average Bonchev–Trinajstić information content (AvgIpc) is 2.87. The third-order valence-electron chi connectivity index (χ3n) is 3.48. The number of ether oxygens (including phenoxy) is 1. The Labute approximate surface area is 131 Å². The fourth-order valence-electron chi connectivity index (χ4n) is 2.60. The van der Waals surface area contributed by atoms with Gasteiger partial charge in [0, 0.05) is 5.56 Å². The Balaban J connectivity index is 2.50. The first-order valence-electron chi connectivity index (χ1n) is 7.20. The molecule has 114 valence electrons. The fraction of sp³-hybridized carbons (Fsp3) is 0.412. The van der Waals surface area contributed by atoms with Gasteiger partial charge >= 0.3 is 0 Å². The molecule has 0 saturated heterocycles. The predicted molar refractivity (Wildman–Crippen MR) is 86.3 cm³/mol. The van der Waals surface area contributed by atoms with Gasteiger partial charge < -0.3 is 14.5 Å². The smallest absolute Gasteiger partial charge is 0.193 e. The molecule has 1 aromatic heterocycles. The number of furan rings is 1. The number of aryl methyl sites for hydroxylation is 2. The summed E-state index contributed by atoms with van der Waals surface area (Å²) in [6, 6.07) is 7.83. The van der Waals surface area contributed by atoms with Gasteiger partial charge in [0.2, 0.25) is 0 Å². The lowest BCUT2D eigenvalue weighted by Crippen LogP contribution is -2.24. The van der Waals surface area contributed by atoms with Gasteiger partial charge in [-0.1, -0.05) is 13.0 Å². The summed E-state index contributed by atoms with van der Waals surface area (Å²) in [7, 11) is 1.70. The fourth-order valence-corrected chi connectivity index (χ4v) is 2.75. The number of benzene rings is 1. The molecule has 0 aliphatic carbocycles. The number of hydrogen-bond donors (Lipinski definition) is 1. The molecular formula is C17H22ClNO2. The monoisotopic (exact) mass is 307 g/mol. The number of hydrogen-bond acceptors (Lipinski definition) is 3. The summed E-state index contributed by atoms with van der Waals surface area (Å²) in [5, 5.41) is 3.92. The minimum atomic E-state index is -0.0620. The Morgan fingerprint density at radius 3 is 2.62 bits per heavy atom. The summed E-state index contributed by atoms with van der Waals surface area (Å²) >= 11 is 5.94. The van der Waals surface area contributed by atoms with Gasteiger partial charge in [0.1, 0.15) is 11.5 Å². The van der Waals surface area contributed by atoms with Crippen LogP contribution >= 0.6 is 11.6 Å². The van der Waals surface area contributed by atoms with E-state index in [0.29, 0.717) is 5.22 Å². The SMILES string of the molecule is CCCNC(c1ccc(Cl)o1)c1c(C)cc(C)cc1OC. The van der Waals surface area contributed by atoms with E-state index < -0.39 is 0 Å². The zero-order valence-corrected chi connectivity index (χ0v) is 13.8. The van der Waals surface area contributed by atoms with Gasteiger partial charge in [-0.3, -0.25) is 0 Å². The van der Waals surface area contributed by atoms with Crippen molar-refractivity contribution in [1.82, 2.24) is 5.32 Å². The molecule has 2 rings (SSSR count). The van der Waals surface area contributed by atoms with Crippen LogP contribution in [0.2, 0.25) is 5.22 Å². The second-order valence-corrected chi connectivity index (χ2v) is 5.60. The first-order valence-corrected chi connectivity index (χ1v) is 7.58. The lowest BCUT2D eigenvalue weighted by atomic mass is 9.96. The number of methoxy groups -OCH3 is 1. The van der Waals surface area contributed by atoms with Gasteiger partial charge in [0.15, 0.2) is 5.22 Å². The molecule has 1 aromatic carbocycles. The van der Waals surface area contributed by atoms with E-state index >= 15 is 0 Å². The third-order valence-corrected chi connectivity index (χ3v) is 3.68. The van der Waals surface area contributed by atoms with Crippen LogP contribution in [0.1, 0.15) is 41.8 Å². The van der Waals surface area contributed by atoms with Gasteiger partial charge in [-0.2, -0.15) is 0 Å². The van der Waals surface area contributed by atoms with Crippen molar-refractivity contribution in [3.8, 4) is 5.75 Å². The maximum absolute atomic E-state index is 5.94. The summed E-state index contributed by atoms with van der Waals surface area (Å²) in [6.07, 6.45) is 1.04. The van der Waals surface area contributed by atoms with Crippen molar-refractivity contribution < 1.29 is 9.15 Å². The lowest BCUT2D eigenvalue weighted by molar-refractivity contribution is 0.391. The van der Waals surface area contributed by atoms with Gasteiger partial charge in [0.25, 0.3) is 0 Å². The van der Waals surface area contributed by atoms with Gasteiger partial charge in [0.05, 0.1) is 13.2 Å². The van der Waals surface area contributed by atoms with Crippen LogP contribution in [0.25, 0.3) is 0 Å². The number of halogens is 1. The highest BCUT2D eigenvalue weighted by Crippen LogP contribution is 2.35. The highest BCUT2D eigenvalue weighted by molar-refractivity contribution is 6.28. The van der Waals surface area contributed by atoms with Crippen LogP contribution in [0, 0.1) is 13.8 Å². The molecule has 1 unspecified atom stereocenters. The van der Waals surface area contributed by atoms with Crippen LogP contribution in [0.5, 0.6) is 5.75 Å². The Morgan fingerprint density at radius 1 is 1.29 bits per heavy atom. The standard InChI is InChI=1S/C17H22ClNO2/c1-5-8-19-17(13-6-7-15(18)21-13)16-12(3)9-11(2)10-14(16)20-4/h6-7,9-10,17,19H,5,8H2,1-4H3. The lowest BCUT2D eigenvalue weighted by Gasteiger charge is -2.22. The van der Waals surface area contributed by atoms with E-state index in [0.717, 1.165) is 30.0 Å². The molecule has 0 saturated carbocycles. The third kappa shape index (κ3) is 3.60. The predicted octanol–water partition coefficient (Wildman–Crippen LogP) is 4.65. The van der Waals surface area contributed by atoms with Crippen LogP contribution in [0.3, 0.4) is 0 Å². The Bertz CT molecular complexity index is 607. The number of rotatable bonds is 6. The van der Waals surface area contributed by atoms with E-state index in [4.69, 9.17) is 20.8 Å². The Morgan fingerprint density at radius 2 is 2.05 bits per heavy atom. The van der Waals surface area contributed by atoms with Crippen LogP contribution in [-0.2, 0) is 0 Å². The van der Waals surface area contributed by atoms with Crippen molar-refractivity contribution in [2.45, 2.75) is 33.2 Å². The highest BCUT2D eigenvalue weighted by Gasteiger charge is 2.23. The molecule has 1 N–H and O–H groups in total. The summed E-state index contributed by atoms with van der Waals surface area (Å²) in [6.45, 7) is 7.19. The van der Waals surface area contributed by atoms with Gasteiger partial charge in [-0.05, 0) is 67.7 Å². The molecule has 21 heavy (non-hydrogen) atoms. The minimum Gasteiger partial charge on any atom is -0.496 e. The second kappa shape index (κ2) is 7.01. The molecule has 4 heteroatoms. The van der Waals surface area contributed by atoms with Crippen LogP contribution in [-0.4, -0.2) is 13.7 Å². The molecule has 0 fully saturated rings. The largest absolute Gasteiger partial charge is 0.496 e. The quantitative estimate of drug-likeness (QED) is 0.843. The van der Waals surface area contributed by atoms with Crippen molar-refractivity contribution in [1.29, 1.82) is 0 Å². The first-order chi connectivity index (χ1) is 10.1. The Kier molecular flexibility index (Phi) is 5.32. The highest BCUT2D eigenvalue weighted by atomic mass is 35.5. The molecule has 0 spiro atoms. The number of nitrogens with one attached hydrogen (secondary N) is 1. The maximum Gasteiger partial charge on any atom is 0.193 e. The molecule has 3 nitrogen and oxygen atoms in total. The van der Waals surface area contributed by atoms with Gasteiger partial charge in [-0.15, -0.1) is 0 Å². The molecule has 0 aliphatic rings. The minimum absolute atomic E-state index is 0.0620. The molecule has 0 aliphatic heterocycles. The maximum atomic E-state index is 5.94. The van der Waals surface area contributed by atoms with Crippen LogP contribution in [0.4, 0.5) is 0 Å². The van der Waals surface area contributed by atoms with Crippen LogP contribution in [0.15, 0.2) is 28.7 Å². The molecule has 0 radical (unpaired) electrons. The van der Waals surface area contributed by atoms with Crippen molar-refractivity contribution in [2.24, 2.45) is 0 Å². The topological polar surface area (TPSA) is 34.4 Å². The van der Waals surface area contributed by atoms with Crippen LogP contribution < -0.4 is 10.1 Å². The summed E-state index contributed by atoms with van der Waals surface area (Å²) < 4.78 is 11.2. The summed E-state index contributed by atoms with van der Waals surface area (Å²) in [4.78, 5) is 0. The first kappa shape index (κ1) is 15.9. The van der Waals surface area contributed by atoms with E-state index in [9.17, 15) is 0 Å². The normalized spacial score (nSPS) is 12.4. The zero-order valence-electron chi connectivity index (χ0n) is 13.0. The molecule has 0 bridgehead atoms. The van der Waals surface area contributed by atoms with Crippen molar-refractivity contribution in [2.75, 3.05) is 13.7 Å². The zero-order chi connectivity index (χ0) is 15.4. The van der Waals surface area contributed by atoms with E-state index in [1.807, 2.05) is 12.1 Å². The van der Waals surface area contributed by atoms with Crippen molar-refractivity contribution >= 4 is 11.6 Å². The summed E-state index contributed by atoms with van der Waals surface area (Å²) in [5.41, 5.74) is 3.45. The molecule has 0 amide bonds. The van der Waals surface area contributed by atoms with E-state index in [2.05, 4.69) is 32.2 Å². The average molecular weight is 308 g/mol. The van der Waals surface area contributed by atoms with E-state index in [-0.39, 0.29) is 6.04 Å². The molecule has 1 atom stereocenters. The van der Waals surface area contributed by atoms with Gasteiger partial charge in [-0.25, -0.2) is 0 Å². The molecule has 1 heterocycles.